The first kappa shape index (κ1) is 13.3. The number of anilines is 1. The Morgan fingerprint density at radius 3 is 2.68 bits per heavy atom. The quantitative estimate of drug-likeness (QED) is 0.738. The molecule has 0 amide bonds. The van der Waals surface area contributed by atoms with E-state index in [2.05, 4.69) is 22.8 Å². The lowest BCUT2D eigenvalue weighted by Gasteiger charge is -2.20. The molecule has 3 rings (SSSR count). The average Bonchev–Trinajstić information content (AvgIpc) is 3.07. The third-order valence-electron chi connectivity index (χ3n) is 3.50. The van der Waals surface area contributed by atoms with E-state index in [9.17, 15) is 0 Å². The van der Waals surface area contributed by atoms with Crippen LogP contribution in [0.1, 0.15) is 29.3 Å². The average molecular weight is 312 g/mol. The van der Waals surface area contributed by atoms with Crippen LogP contribution in [0.3, 0.4) is 0 Å². The summed E-state index contributed by atoms with van der Waals surface area (Å²) < 4.78 is 0. The smallest absolute Gasteiger partial charge is 0.0641 e. The molecule has 0 bridgehead atoms. The van der Waals surface area contributed by atoms with E-state index in [1.807, 2.05) is 19.1 Å². The summed E-state index contributed by atoms with van der Waals surface area (Å²) in [6.45, 7) is 1.97. The summed E-state index contributed by atoms with van der Waals surface area (Å²) in [5.41, 5.74) is 1.94. The van der Waals surface area contributed by atoms with Crippen LogP contribution in [0.5, 0.6) is 0 Å². The minimum Gasteiger partial charge on any atom is -0.376 e. The zero-order valence-electron chi connectivity index (χ0n) is 10.6. The van der Waals surface area contributed by atoms with Crippen molar-refractivity contribution in [2.45, 2.75) is 25.8 Å². The van der Waals surface area contributed by atoms with Gasteiger partial charge in [0.25, 0.3) is 0 Å². The van der Waals surface area contributed by atoms with Crippen LogP contribution in [-0.4, -0.2) is 0 Å². The summed E-state index contributed by atoms with van der Waals surface area (Å²) in [6, 6.07) is 8.49. The van der Waals surface area contributed by atoms with Gasteiger partial charge in [0, 0.05) is 9.90 Å². The molecule has 1 aliphatic carbocycles. The van der Waals surface area contributed by atoms with Crippen LogP contribution in [0.2, 0.25) is 10.0 Å². The monoisotopic (exact) mass is 311 g/mol. The molecule has 1 N–H and O–H groups in total. The van der Waals surface area contributed by atoms with Crippen molar-refractivity contribution < 1.29 is 0 Å². The lowest BCUT2D eigenvalue weighted by molar-refractivity contribution is 0.691. The Labute approximate surface area is 127 Å². The fourth-order valence-corrected chi connectivity index (χ4v) is 3.55. The highest BCUT2D eigenvalue weighted by Crippen LogP contribution is 2.45. The second-order valence-electron chi connectivity index (χ2n) is 5.06. The van der Waals surface area contributed by atoms with E-state index in [0.717, 1.165) is 27.2 Å². The van der Waals surface area contributed by atoms with E-state index in [0.29, 0.717) is 6.04 Å². The molecule has 1 heterocycles. The van der Waals surface area contributed by atoms with E-state index >= 15 is 0 Å². The summed E-state index contributed by atoms with van der Waals surface area (Å²) in [5.74, 6) is 0.717. The zero-order valence-corrected chi connectivity index (χ0v) is 12.9. The maximum Gasteiger partial charge on any atom is 0.0641 e. The highest BCUT2D eigenvalue weighted by atomic mass is 35.5. The number of rotatable bonds is 4. The molecule has 1 aromatic heterocycles. The normalized spacial score (nSPS) is 16.4. The molecule has 1 aliphatic rings. The fourth-order valence-electron chi connectivity index (χ4n) is 2.24. The van der Waals surface area contributed by atoms with E-state index in [1.165, 1.54) is 17.7 Å². The van der Waals surface area contributed by atoms with Gasteiger partial charge in [0.15, 0.2) is 0 Å². The summed E-state index contributed by atoms with van der Waals surface area (Å²) in [5, 5.41) is 7.19. The standard InChI is InChI=1S/C15H15Cl2NS/c1-9-7-12(17)13(8-11(9)16)18-15(10-4-5-10)14-3-2-6-19-14/h2-3,6-8,10,15,18H,4-5H2,1H3. The van der Waals surface area contributed by atoms with Gasteiger partial charge in [-0.3, -0.25) is 0 Å². The maximum atomic E-state index is 6.31. The highest BCUT2D eigenvalue weighted by molar-refractivity contribution is 7.10. The van der Waals surface area contributed by atoms with Crippen molar-refractivity contribution in [1.29, 1.82) is 0 Å². The Kier molecular flexibility index (Phi) is 3.75. The molecule has 1 aromatic carbocycles. The maximum absolute atomic E-state index is 6.31. The van der Waals surface area contributed by atoms with Crippen LogP contribution in [0.15, 0.2) is 29.6 Å². The SMILES string of the molecule is Cc1cc(Cl)c(NC(c2cccs2)C2CC2)cc1Cl. The molecule has 0 spiro atoms. The van der Waals surface area contributed by atoms with Crippen LogP contribution in [0.25, 0.3) is 0 Å². The summed E-state index contributed by atoms with van der Waals surface area (Å²) in [4.78, 5) is 1.37. The largest absolute Gasteiger partial charge is 0.376 e. The van der Waals surface area contributed by atoms with Gasteiger partial charge in [-0.05, 0) is 54.8 Å². The Morgan fingerprint density at radius 1 is 1.26 bits per heavy atom. The number of hydrogen-bond acceptors (Lipinski definition) is 2. The number of aryl methyl sites for hydroxylation is 1. The number of nitrogens with one attached hydrogen (secondary N) is 1. The van der Waals surface area contributed by atoms with Crippen molar-refractivity contribution in [3.63, 3.8) is 0 Å². The minimum atomic E-state index is 0.358. The summed E-state index contributed by atoms with van der Waals surface area (Å²) >= 11 is 14.3. The Hall–Kier alpha value is -0.700. The van der Waals surface area contributed by atoms with E-state index in [1.54, 1.807) is 11.3 Å². The highest BCUT2D eigenvalue weighted by Gasteiger charge is 2.33. The number of halogens is 2. The van der Waals surface area contributed by atoms with Gasteiger partial charge in [-0.1, -0.05) is 29.3 Å². The molecule has 0 saturated heterocycles. The van der Waals surface area contributed by atoms with Gasteiger partial charge in [-0.15, -0.1) is 11.3 Å². The van der Waals surface area contributed by atoms with Crippen molar-refractivity contribution in [2.24, 2.45) is 5.92 Å². The van der Waals surface area contributed by atoms with E-state index in [-0.39, 0.29) is 0 Å². The van der Waals surface area contributed by atoms with Crippen molar-refractivity contribution in [3.05, 3.63) is 50.1 Å². The molecule has 1 saturated carbocycles. The van der Waals surface area contributed by atoms with Crippen molar-refractivity contribution >= 4 is 40.2 Å². The third-order valence-corrected chi connectivity index (χ3v) is 5.18. The summed E-state index contributed by atoms with van der Waals surface area (Å²) in [7, 11) is 0. The van der Waals surface area contributed by atoms with Gasteiger partial charge in [0.05, 0.1) is 16.8 Å². The van der Waals surface area contributed by atoms with Crippen LogP contribution >= 0.6 is 34.5 Å². The van der Waals surface area contributed by atoms with Crippen LogP contribution < -0.4 is 5.32 Å². The Bertz CT molecular complexity index is 576. The minimum absolute atomic E-state index is 0.358. The molecule has 0 radical (unpaired) electrons. The zero-order chi connectivity index (χ0) is 13.4. The Morgan fingerprint density at radius 2 is 2.05 bits per heavy atom. The molecular formula is C15H15Cl2NS. The van der Waals surface area contributed by atoms with Crippen LogP contribution in [-0.2, 0) is 0 Å². The predicted octanol–water partition coefficient (Wildman–Crippen LogP) is 5.93. The van der Waals surface area contributed by atoms with Gasteiger partial charge in [0.1, 0.15) is 0 Å². The number of benzene rings is 1. The van der Waals surface area contributed by atoms with Crippen molar-refractivity contribution in [2.75, 3.05) is 5.32 Å². The molecule has 0 aliphatic heterocycles. The molecule has 2 aromatic rings. The van der Waals surface area contributed by atoms with Crippen LogP contribution in [0.4, 0.5) is 5.69 Å². The van der Waals surface area contributed by atoms with Gasteiger partial charge in [-0.25, -0.2) is 0 Å². The first-order chi connectivity index (χ1) is 9.15. The van der Waals surface area contributed by atoms with Gasteiger partial charge in [0.2, 0.25) is 0 Å². The summed E-state index contributed by atoms with van der Waals surface area (Å²) in [6.07, 6.45) is 2.57. The lowest BCUT2D eigenvalue weighted by atomic mass is 10.1. The van der Waals surface area contributed by atoms with Crippen LogP contribution in [0, 0.1) is 12.8 Å². The third kappa shape index (κ3) is 2.91. The van der Waals surface area contributed by atoms with Gasteiger partial charge >= 0.3 is 0 Å². The number of hydrogen-bond donors (Lipinski definition) is 1. The van der Waals surface area contributed by atoms with E-state index in [4.69, 9.17) is 23.2 Å². The molecule has 100 valence electrons. The van der Waals surface area contributed by atoms with Gasteiger partial charge in [-0.2, -0.15) is 0 Å². The first-order valence-corrected chi connectivity index (χ1v) is 8.04. The predicted molar refractivity (Wildman–Crippen MR) is 84.6 cm³/mol. The topological polar surface area (TPSA) is 12.0 Å². The first-order valence-electron chi connectivity index (χ1n) is 6.41. The van der Waals surface area contributed by atoms with E-state index < -0.39 is 0 Å². The molecule has 4 heteroatoms. The van der Waals surface area contributed by atoms with Crippen molar-refractivity contribution in [1.82, 2.24) is 0 Å². The Balaban J connectivity index is 1.88. The molecule has 1 fully saturated rings. The van der Waals surface area contributed by atoms with Gasteiger partial charge < -0.3 is 5.32 Å². The second-order valence-corrected chi connectivity index (χ2v) is 6.85. The van der Waals surface area contributed by atoms with Crippen molar-refractivity contribution in [3.8, 4) is 0 Å². The number of thiophene rings is 1. The molecule has 1 unspecified atom stereocenters. The molecule has 1 nitrogen and oxygen atoms in total. The molecular weight excluding hydrogens is 297 g/mol. The molecule has 1 atom stereocenters. The molecule has 19 heavy (non-hydrogen) atoms. The second kappa shape index (κ2) is 5.35. The fraction of sp³-hybridized carbons (Fsp3) is 0.333. The lowest BCUT2D eigenvalue weighted by Crippen LogP contribution is -2.11.